The van der Waals surface area contributed by atoms with Crippen molar-refractivity contribution in [3.63, 3.8) is 0 Å². The van der Waals surface area contributed by atoms with Crippen LogP contribution in [-0.2, 0) is 6.42 Å². The van der Waals surface area contributed by atoms with Crippen molar-refractivity contribution in [2.75, 3.05) is 13.1 Å². The van der Waals surface area contributed by atoms with Crippen LogP contribution in [-0.4, -0.2) is 29.6 Å². The Morgan fingerprint density at radius 2 is 1.90 bits per heavy atom. The van der Waals surface area contributed by atoms with Gasteiger partial charge in [-0.25, -0.2) is 4.39 Å². The zero-order chi connectivity index (χ0) is 15.3. The van der Waals surface area contributed by atoms with Gasteiger partial charge in [0, 0.05) is 11.6 Å². The zero-order valence-corrected chi connectivity index (χ0v) is 13.3. The molecule has 20 heavy (non-hydrogen) atoms. The first-order valence-electron chi connectivity index (χ1n) is 7.33. The van der Waals surface area contributed by atoms with E-state index in [1.807, 2.05) is 13.0 Å². The second-order valence-electron chi connectivity index (χ2n) is 5.82. The molecule has 3 N–H and O–H groups in total. The maximum atomic E-state index is 13.2. The predicted molar refractivity (Wildman–Crippen MR) is 83.0 cm³/mol. The number of rotatable bonds is 7. The summed E-state index contributed by atoms with van der Waals surface area (Å²) in [4.78, 5) is 2.39. The summed E-state index contributed by atoms with van der Waals surface area (Å²) in [5.74, 6) is 5.59. The molecule has 1 unspecified atom stereocenters. The highest BCUT2D eigenvalue weighted by molar-refractivity contribution is 5.28. The molecule has 0 bridgehead atoms. The maximum Gasteiger partial charge on any atom is 0.123 e. The number of hydrogen-bond donors (Lipinski definition) is 2. The molecule has 0 radical (unpaired) electrons. The van der Waals surface area contributed by atoms with Gasteiger partial charge >= 0.3 is 0 Å². The molecule has 0 saturated carbocycles. The molecular formula is C16H28FN3. The van der Waals surface area contributed by atoms with Crippen molar-refractivity contribution in [1.82, 2.24) is 10.3 Å². The molecule has 0 fully saturated rings. The largest absolute Gasteiger partial charge is 0.297 e. The smallest absolute Gasteiger partial charge is 0.123 e. The second-order valence-corrected chi connectivity index (χ2v) is 5.82. The highest BCUT2D eigenvalue weighted by atomic mass is 19.1. The Labute approximate surface area is 122 Å². The van der Waals surface area contributed by atoms with E-state index >= 15 is 0 Å². The average Bonchev–Trinajstić information content (AvgIpc) is 2.38. The summed E-state index contributed by atoms with van der Waals surface area (Å²) in [6, 6.07) is 5.05. The lowest BCUT2D eigenvalue weighted by Gasteiger charge is -2.43. The number of nitrogens with two attached hydrogens (primary N) is 1. The van der Waals surface area contributed by atoms with Gasteiger partial charge in [-0.15, -0.1) is 0 Å². The molecule has 0 spiro atoms. The van der Waals surface area contributed by atoms with E-state index in [1.165, 1.54) is 6.07 Å². The Morgan fingerprint density at radius 3 is 2.35 bits per heavy atom. The minimum absolute atomic E-state index is 0.0704. The Morgan fingerprint density at radius 1 is 1.30 bits per heavy atom. The number of hydrogen-bond acceptors (Lipinski definition) is 3. The van der Waals surface area contributed by atoms with Crippen LogP contribution in [0.5, 0.6) is 0 Å². The van der Waals surface area contributed by atoms with Gasteiger partial charge in [-0.2, -0.15) is 0 Å². The van der Waals surface area contributed by atoms with Gasteiger partial charge in [0.1, 0.15) is 5.82 Å². The second kappa shape index (κ2) is 7.16. The lowest BCUT2D eigenvalue weighted by Crippen LogP contribution is -2.60. The third kappa shape index (κ3) is 3.78. The predicted octanol–water partition coefficient (Wildman–Crippen LogP) is 2.63. The molecular weight excluding hydrogens is 253 g/mol. The molecule has 0 heterocycles. The van der Waals surface area contributed by atoms with Gasteiger partial charge in [0.15, 0.2) is 0 Å². The molecule has 1 aromatic rings. The summed E-state index contributed by atoms with van der Waals surface area (Å²) >= 11 is 0. The van der Waals surface area contributed by atoms with Crippen molar-refractivity contribution in [2.24, 2.45) is 5.84 Å². The first kappa shape index (κ1) is 17.1. The van der Waals surface area contributed by atoms with Crippen LogP contribution in [0.15, 0.2) is 18.2 Å². The van der Waals surface area contributed by atoms with Crippen LogP contribution < -0.4 is 11.3 Å². The molecule has 0 aliphatic heterocycles. The molecule has 3 nitrogen and oxygen atoms in total. The van der Waals surface area contributed by atoms with Gasteiger partial charge in [-0.1, -0.05) is 19.9 Å². The summed E-state index contributed by atoms with van der Waals surface area (Å²) in [5.41, 5.74) is 4.98. The normalized spacial score (nSPS) is 13.8. The van der Waals surface area contributed by atoms with E-state index in [0.29, 0.717) is 0 Å². The summed E-state index contributed by atoms with van der Waals surface area (Å²) in [6.45, 7) is 12.6. The molecule has 4 heteroatoms. The molecule has 0 aromatic heterocycles. The fraction of sp³-hybridized carbons (Fsp3) is 0.625. The van der Waals surface area contributed by atoms with E-state index in [1.54, 1.807) is 6.07 Å². The number of benzene rings is 1. The highest BCUT2D eigenvalue weighted by Gasteiger charge is 2.33. The van der Waals surface area contributed by atoms with Crippen LogP contribution in [0.3, 0.4) is 0 Å². The number of nitrogens with one attached hydrogen (secondary N) is 1. The van der Waals surface area contributed by atoms with Crippen molar-refractivity contribution < 1.29 is 4.39 Å². The SMILES string of the molecule is CCN(CC)C(C)(C)C(Cc1ccc(F)cc1C)NN. The number of likely N-dealkylation sites (N-methyl/N-ethyl adjacent to an activating group) is 1. The van der Waals surface area contributed by atoms with E-state index in [-0.39, 0.29) is 17.4 Å². The molecule has 114 valence electrons. The van der Waals surface area contributed by atoms with E-state index in [2.05, 4.69) is 38.0 Å². The van der Waals surface area contributed by atoms with Crippen molar-refractivity contribution in [3.8, 4) is 0 Å². The summed E-state index contributed by atoms with van der Waals surface area (Å²) in [6.07, 6.45) is 0.784. The van der Waals surface area contributed by atoms with Crippen molar-refractivity contribution in [1.29, 1.82) is 0 Å². The molecule has 1 aromatic carbocycles. The summed E-state index contributed by atoms with van der Waals surface area (Å²) < 4.78 is 13.2. The van der Waals surface area contributed by atoms with Gasteiger partial charge in [-0.05, 0) is 63.5 Å². The number of hydrazine groups is 1. The van der Waals surface area contributed by atoms with Crippen LogP contribution in [0.1, 0.15) is 38.8 Å². The molecule has 1 rings (SSSR count). The number of halogens is 1. The van der Waals surface area contributed by atoms with Crippen LogP contribution in [0, 0.1) is 12.7 Å². The van der Waals surface area contributed by atoms with Crippen molar-refractivity contribution >= 4 is 0 Å². The lowest BCUT2D eigenvalue weighted by atomic mass is 9.86. The average molecular weight is 281 g/mol. The minimum atomic E-state index is -0.188. The minimum Gasteiger partial charge on any atom is -0.297 e. The topological polar surface area (TPSA) is 41.3 Å². The third-order valence-corrected chi connectivity index (χ3v) is 4.36. The first-order chi connectivity index (χ1) is 9.36. The first-order valence-corrected chi connectivity index (χ1v) is 7.33. The Bertz CT molecular complexity index is 428. The highest BCUT2D eigenvalue weighted by Crippen LogP contribution is 2.23. The van der Waals surface area contributed by atoms with Crippen LogP contribution in [0.2, 0.25) is 0 Å². The number of nitrogens with zero attached hydrogens (tertiary/aromatic N) is 1. The lowest BCUT2D eigenvalue weighted by molar-refractivity contribution is 0.0911. The van der Waals surface area contributed by atoms with Crippen LogP contribution in [0.4, 0.5) is 4.39 Å². The van der Waals surface area contributed by atoms with E-state index < -0.39 is 0 Å². The standard InChI is InChI=1S/C16H28FN3/c1-6-20(7-2)16(4,5)15(19-18)11-13-8-9-14(17)10-12(13)3/h8-10,15,19H,6-7,11,18H2,1-5H3. The molecule has 0 aliphatic rings. The third-order valence-electron chi connectivity index (χ3n) is 4.36. The van der Waals surface area contributed by atoms with Crippen molar-refractivity contribution in [3.05, 3.63) is 35.1 Å². The van der Waals surface area contributed by atoms with Gasteiger partial charge in [-0.3, -0.25) is 16.2 Å². The number of aryl methyl sites for hydroxylation is 1. The van der Waals surface area contributed by atoms with Crippen LogP contribution in [0.25, 0.3) is 0 Å². The van der Waals surface area contributed by atoms with E-state index in [4.69, 9.17) is 5.84 Å². The fourth-order valence-corrected chi connectivity index (χ4v) is 2.88. The summed E-state index contributed by atoms with van der Waals surface area (Å²) in [7, 11) is 0. The fourth-order valence-electron chi connectivity index (χ4n) is 2.88. The van der Waals surface area contributed by atoms with Gasteiger partial charge in [0.05, 0.1) is 0 Å². The Kier molecular flexibility index (Phi) is 6.11. The quantitative estimate of drug-likeness (QED) is 0.596. The Balaban J connectivity index is 2.96. The molecule has 0 saturated heterocycles. The monoisotopic (exact) mass is 281 g/mol. The van der Waals surface area contributed by atoms with Gasteiger partial charge in [0.25, 0.3) is 0 Å². The van der Waals surface area contributed by atoms with Crippen molar-refractivity contribution in [2.45, 2.75) is 52.6 Å². The van der Waals surface area contributed by atoms with Crippen LogP contribution >= 0.6 is 0 Å². The molecule has 1 atom stereocenters. The van der Waals surface area contributed by atoms with E-state index in [9.17, 15) is 4.39 Å². The Hall–Kier alpha value is -0.970. The molecule has 0 amide bonds. The van der Waals surface area contributed by atoms with E-state index in [0.717, 1.165) is 30.6 Å². The van der Waals surface area contributed by atoms with Gasteiger partial charge in [0.2, 0.25) is 0 Å². The maximum absolute atomic E-state index is 13.2. The van der Waals surface area contributed by atoms with Gasteiger partial charge < -0.3 is 0 Å². The molecule has 0 aliphatic carbocycles. The summed E-state index contributed by atoms with van der Waals surface area (Å²) in [5, 5.41) is 0. The zero-order valence-electron chi connectivity index (χ0n) is 13.3.